The van der Waals surface area contributed by atoms with E-state index in [1.165, 1.54) is 5.01 Å². The maximum atomic E-state index is 13.0. The number of ether oxygens (including phenoxy) is 2. The van der Waals surface area contributed by atoms with E-state index in [9.17, 15) is 9.59 Å². The Hall–Kier alpha value is -3.88. The number of benzene rings is 1. The number of nitrogens with zero attached hydrogens (tertiary/aromatic N) is 3. The number of hydrazone groups is 1. The minimum Gasteiger partial charge on any atom is -0.497 e. The van der Waals surface area contributed by atoms with Crippen molar-refractivity contribution in [2.45, 2.75) is 39.2 Å². The van der Waals surface area contributed by atoms with Crippen LogP contribution >= 0.6 is 0 Å². The third kappa shape index (κ3) is 4.52. The van der Waals surface area contributed by atoms with Gasteiger partial charge in [-0.2, -0.15) is 5.10 Å². The molecule has 0 fully saturated rings. The average Bonchev–Trinajstić information content (AvgIpc) is 3.56. The summed E-state index contributed by atoms with van der Waals surface area (Å²) in [6, 6.07) is 10.5. The standard InChI is InChI=1S/C24H25N3O6/c1-14(2)23-22(15(3)26-33-23)24(29)32-13-21(28)27-19(20-6-5-11-31-20)12-18(25-27)16-7-9-17(30-4)10-8-16/h5-11,14,19H,12-13H2,1-4H3. The van der Waals surface area contributed by atoms with Gasteiger partial charge in [0, 0.05) is 12.3 Å². The van der Waals surface area contributed by atoms with E-state index in [-0.39, 0.29) is 11.5 Å². The second-order valence-electron chi connectivity index (χ2n) is 7.99. The number of rotatable bonds is 7. The van der Waals surface area contributed by atoms with Crippen molar-refractivity contribution in [1.82, 2.24) is 10.2 Å². The highest BCUT2D eigenvalue weighted by Crippen LogP contribution is 2.33. The van der Waals surface area contributed by atoms with Crippen LogP contribution in [0.3, 0.4) is 0 Å². The van der Waals surface area contributed by atoms with Gasteiger partial charge in [-0.3, -0.25) is 4.79 Å². The van der Waals surface area contributed by atoms with E-state index in [1.54, 1.807) is 32.4 Å². The van der Waals surface area contributed by atoms with Crippen molar-refractivity contribution in [1.29, 1.82) is 0 Å². The van der Waals surface area contributed by atoms with Crippen LogP contribution in [0.1, 0.15) is 65.4 Å². The first kappa shape index (κ1) is 22.3. The lowest BCUT2D eigenvalue weighted by atomic mass is 10.0. The Bertz CT molecular complexity index is 1160. The van der Waals surface area contributed by atoms with E-state index in [0.717, 1.165) is 17.0 Å². The molecular weight excluding hydrogens is 426 g/mol. The third-order valence-corrected chi connectivity index (χ3v) is 5.41. The van der Waals surface area contributed by atoms with Crippen LogP contribution in [0.25, 0.3) is 0 Å². The quantitative estimate of drug-likeness (QED) is 0.494. The van der Waals surface area contributed by atoms with E-state index >= 15 is 0 Å². The van der Waals surface area contributed by atoms with Crippen molar-refractivity contribution < 1.29 is 28.0 Å². The van der Waals surface area contributed by atoms with Gasteiger partial charge >= 0.3 is 5.97 Å². The van der Waals surface area contributed by atoms with Gasteiger partial charge in [-0.25, -0.2) is 9.80 Å². The van der Waals surface area contributed by atoms with Crippen molar-refractivity contribution in [2.75, 3.05) is 13.7 Å². The van der Waals surface area contributed by atoms with Crippen LogP contribution in [-0.2, 0) is 9.53 Å². The van der Waals surface area contributed by atoms with E-state index in [1.807, 2.05) is 38.1 Å². The molecule has 1 aromatic carbocycles. The fraction of sp³-hybridized carbons (Fsp3) is 0.333. The number of esters is 1. The molecule has 0 saturated heterocycles. The number of furan rings is 1. The van der Waals surface area contributed by atoms with Crippen molar-refractivity contribution >= 4 is 17.6 Å². The molecule has 0 spiro atoms. The molecule has 2 aromatic heterocycles. The van der Waals surface area contributed by atoms with Crippen molar-refractivity contribution in [3.63, 3.8) is 0 Å². The molecule has 1 atom stereocenters. The molecule has 4 rings (SSSR count). The molecule has 9 heteroatoms. The molecule has 1 unspecified atom stereocenters. The molecule has 9 nitrogen and oxygen atoms in total. The highest BCUT2D eigenvalue weighted by Gasteiger charge is 2.35. The Morgan fingerprint density at radius 2 is 1.97 bits per heavy atom. The summed E-state index contributed by atoms with van der Waals surface area (Å²) in [5, 5.41) is 9.70. The third-order valence-electron chi connectivity index (χ3n) is 5.41. The highest BCUT2D eigenvalue weighted by atomic mass is 16.5. The summed E-state index contributed by atoms with van der Waals surface area (Å²) in [5.74, 6) is 0.582. The largest absolute Gasteiger partial charge is 0.497 e. The summed E-state index contributed by atoms with van der Waals surface area (Å²) < 4.78 is 21.3. The molecule has 0 bridgehead atoms. The van der Waals surface area contributed by atoms with Crippen molar-refractivity contribution in [3.05, 3.63) is 71.0 Å². The summed E-state index contributed by atoms with van der Waals surface area (Å²) in [4.78, 5) is 25.7. The number of carbonyl (C=O) groups is 2. The molecule has 0 N–H and O–H groups in total. The van der Waals surface area contributed by atoms with Gasteiger partial charge in [0.25, 0.3) is 5.91 Å². The Morgan fingerprint density at radius 3 is 2.61 bits per heavy atom. The molecule has 0 saturated carbocycles. The lowest BCUT2D eigenvalue weighted by Gasteiger charge is -2.19. The Kier molecular flexibility index (Phi) is 6.30. The maximum Gasteiger partial charge on any atom is 0.344 e. The molecule has 33 heavy (non-hydrogen) atoms. The number of aromatic nitrogens is 1. The van der Waals surface area contributed by atoms with Gasteiger partial charge in [-0.15, -0.1) is 0 Å². The number of hydrogen-bond acceptors (Lipinski definition) is 8. The lowest BCUT2D eigenvalue weighted by molar-refractivity contribution is -0.136. The molecule has 3 aromatic rings. The number of carbonyl (C=O) groups excluding carboxylic acids is 2. The van der Waals surface area contributed by atoms with Gasteiger partial charge < -0.3 is 18.4 Å². The summed E-state index contributed by atoms with van der Waals surface area (Å²) in [6.45, 7) is 4.95. The zero-order valence-electron chi connectivity index (χ0n) is 18.9. The van der Waals surface area contributed by atoms with E-state index in [2.05, 4.69) is 10.3 Å². The van der Waals surface area contributed by atoms with Crippen LogP contribution in [0.15, 0.2) is 56.7 Å². The fourth-order valence-electron chi connectivity index (χ4n) is 3.70. The average molecular weight is 451 g/mol. The first-order valence-corrected chi connectivity index (χ1v) is 10.6. The van der Waals surface area contributed by atoms with Crippen LogP contribution in [0.2, 0.25) is 0 Å². The summed E-state index contributed by atoms with van der Waals surface area (Å²) in [7, 11) is 1.60. The van der Waals surface area contributed by atoms with Gasteiger partial charge in [0.05, 0.1) is 24.8 Å². The van der Waals surface area contributed by atoms with Gasteiger partial charge in [0.1, 0.15) is 23.1 Å². The van der Waals surface area contributed by atoms with Crippen molar-refractivity contribution in [3.8, 4) is 5.75 Å². The molecule has 3 heterocycles. The number of methoxy groups -OCH3 is 1. The molecule has 172 valence electrons. The van der Waals surface area contributed by atoms with Gasteiger partial charge in [-0.05, 0) is 48.9 Å². The summed E-state index contributed by atoms with van der Waals surface area (Å²) in [5.41, 5.74) is 2.26. The topological polar surface area (TPSA) is 107 Å². The predicted octanol–water partition coefficient (Wildman–Crippen LogP) is 4.24. The Labute approximate surface area is 190 Å². The first-order chi connectivity index (χ1) is 15.9. The predicted molar refractivity (Wildman–Crippen MR) is 118 cm³/mol. The molecule has 1 aliphatic rings. The van der Waals surface area contributed by atoms with Crippen LogP contribution in [0.4, 0.5) is 0 Å². The van der Waals surface area contributed by atoms with E-state index < -0.39 is 24.5 Å². The minimum atomic E-state index is -0.654. The van der Waals surface area contributed by atoms with E-state index in [4.69, 9.17) is 18.4 Å². The van der Waals surface area contributed by atoms with Gasteiger partial charge in [-0.1, -0.05) is 19.0 Å². The van der Waals surface area contributed by atoms with Gasteiger partial charge in [0.2, 0.25) is 0 Å². The fourth-order valence-corrected chi connectivity index (χ4v) is 3.70. The smallest absolute Gasteiger partial charge is 0.344 e. The van der Waals surface area contributed by atoms with Crippen LogP contribution in [0.5, 0.6) is 5.75 Å². The summed E-state index contributed by atoms with van der Waals surface area (Å²) >= 11 is 0. The molecule has 1 amide bonds. The SMILES string of the molecule is COc1ccc(C2=NN(C(=O)COC(=O)c3c(C)noc3C(C)C)C(c3ccco3)C2)cc1. The highest BCUT2D eigenvalue weighted by molar-refractivity contribution is 6.03. The zero-order valence-corrected chi connectivity index (χ0v) is 18.9. The lowest BCUT2D eigenvalue weighted by Crippen LogP contribution is -2.31. The zero-order chi connectivity index (χ0) is 23.5. The van der Waals surface area contributed by atoms with Crippen LogP contribution in [0, 0.1) is 6.92 Å². The minimum absolute atomic E-state index is 0.0528. The van der Waals surface area contributed by atoms with Crippen molar-refractivity contribution in [2.24, 2.45) is 5.10 Å². The van der Waals surface area contributed by atoms with Crippen LogP contribution in [-0.4, -0.2) is 41.5 Å². The number of amides is 1. The second-order valence-corrected chi connectivity index (χ2v) is 7.99. The number of hydrogen-bond donors (Lipinski definition) is 0. The number of aryl methyl sites for hydroxylation is 1. The first-order valence-electron chi connectivity index (χ1n) is 10.6. The molecule has 0 aliphatic carbocycles. The molecule has 1 aliphatic heterocycles. The normalized spacial score (nSPS) is 15.6. The molecular formula is C24H25N3O6. The Morgan fingerprint density at radius 1 is 1.21 bits per heavy atom. The van der Waals surface area contributed by atoms with Gasteiger partial charge in [0.15, 0.2) is 12.4 Å². The molecule has 0 radical (unpaired) electrons. The second kappa shape index (κ2) is 9.32. The monoisotopic (exact) mass is 451 g/mol. The van der Waals surface area contributed by atoms with E-state index in [0.29, 0.717) is 23.6 Å². The van der Waals surface area contributed by atoms with Crippen LogP contribution < -0.4 is 4.74 Å². The Balaban J connectivity index is 1.53. The maximum absolute atomic E-state index is 13.0. The summed E-state index contributed by atoms with van der Waals surface area (Å²) in [6.07, 6.45) is 2.01.